The van der Waals surface area contributed by atoms with Gasteiger partial charge in [-0.2, -0.15) is 8.42 Å². The molecule has 2 aliphatic rings. The number of amides is 2. The topological polar surface area (TPSA) is 162 Å². The standard InChI is InChI=1S/C21H23N3O9S2/c1-12(33-35(3,30)31)18-16-10-17(34-9-8-22-13(2)25)19(23(16)20(18)26)21(27)32-11-14-4-6-15(7-5-14)24(28)29/h4-9,12,16,18H,10-11H2,1-3H3,(H,22,25)/b9-8+/t12-,16+,18-/m0/s1. The molecule has 1 fully saturated rings. The average molecular weight is 526 g/mol. The van der Waals surface area contributed by atoms with Gasteiger partial charge in [0.1, 0.15) is 12.3 Å². The van der Waals surface area contributed by atoms with Crippen LogP contribution in [0.15, 0.2) is 46.5 Å². The molecule has 0 unspecified atom stereocenters. The molecule has 1 N–H and O–H groups in total. The maximum absolute atomic E-state index is 13.0. The number of carbonyl (C=O) groups excluding carboxylic acids is 3. The zero-order valence-corrected chi connectivity index (χ0v) is 20.6. The molecule has 3 rings (SSSR count). The van der Waals surface area contributed by atoms with Crippen LogP contribution in [-0.2, 0) is 40.0 Å². The van der Waals surface area contributed by atoms with Crippen molar-refractivity contribution in [2.45, 2.75) is 39.0 Å². The number of nitro benzene ring substituents is 1. The van der Waals surface area contributed by atoms with Crippen molar-refractivity contribution in [3.8, 4) is 0 Å². The Labute approximate surface area is 205 Å². The zero-order valence-electron chi connectivity index (χ0n) is 19.0. The number of nitrogens with one attached hydrogen (secondary N) is 1. The Morgan fingerprint density at radius 1 is 1.34 bits per heavy atom. The summed E-state index contributed by atoms with van der Waals surface area (Å²) in [5.74, 6) is -2.28. The van der Waals surface area contributed by atoms with Crippen LogP contribution in [0.5, 0.6) is 0 Å². The molecule has 2 aliphatic heterocycles. The fourth-order valence-electron chi connectivity index (χ4n) is 3.85. The van der Waals surface area contributed by atoms with E-state index in [4.69, 9.17) is 8.92 Å². The van der Waals surface area contributed by atoms with Crippen molar-refractivity contribution in [2.75, 3.05) is 6.26 Å². The summed E-state index contributed by atoms with van der Waals surface area (Å²) in [5.41, 5.74) is 0.442. The second kappa shape index (κ2) is 10.6. The Kier molecular flexibility index (Phi) is 7.97. The summed E-state index contributed by atoms with van der Waals surface area (Å²) < 4.78 is 33.4. The number of non-ortho nitro benzene ring substituents is 1. The van der Waals surface area contributed by atoms with Crippen molar-refractivity contribution in [3.63, 3.8) is 0 Å². The minimum absolute atomic E-state index is 0.0298. The van der Waals surface area contributed by atoms with Crippen LogP contribution in [-0.4, -0.2) is 54.4 Å². The van der Waals surface area contributed by atoms with Crippen LogP contribution in [0, 0.1) is 16.0 Å². The molecule has 188 valence electrons. The smallest absolute Gasteiger partial charge is 0.356 e. The van der Waals surface area contributed by atoms with Crippen molar-refractivity contribution >= 4 is 45.4 Å². The lowest BCUT2D eigenvalue weighted by Crippen LogP contribution is -2.62. The number of fused-ring (bicyclic) bond motifs is 1. The molecule has 14 heteroatoms. The molecule has 1 saturated heterocycles. The molecule has 0 aliphatic carbocycles. The molecular weight excluding hydrogens is 502 g/mol. The fraction of sp³-hybridized carbons (Fsp3) is 0.381. The van der Waals surface area contributed by atoms with E-state index in [0.717, 1.165) is 18.0 Å². The summed E-state index contributed by atoms with van der Waals surface area (Å²) in [7, 11) is -3.79. The lowest BCUT2D eigenvalue weighted by atomic mass is 9.83. The maximum atomic E-state index is 13.0. The predicted octanol–water partition coefficient (Wildman–Crippen LogP) is 1.79. The number of hydrogen-bond donors (Lipinski definition) is 1. The van der Waals surface area contributed by atoms with Crippen molar-refractivity contribution in [1.82, 2.24) is 10.2 Å². The van der Waals surface area contributed by atoms with E-state index >= 15 is 0 Å². The van der Waals surface area contributed by atoms with Gasteiger partial charge in [0.25, 0.3) is 15.8 Å². The summed E-state index contributed by atoms with van der Waals surface area (Å²) in [6, 6.07) is 5.00. The highest BCUT2D eigenvalue weighted by atomic mass is 32.2. The van der Waals surface area contributed by atoms with Gasteiger partial charge >= 0.3 is 5.97 Å². The highest BCUT2D eigenvalue weighted by Crippen LogP contribution is 2.48. The van der Waals surface area contributed by atoms with E-state index in [1.165, 1.54) is 49.2 Å². The summed E-state index contributed by atoms with van der Waals surface area (Å²) >= 11 is 1.12. The summed E-state index contributed by atoms with van der Waals surface area (Å²) in [6.07, 6.45) is 1.64. The Hall–Kier alpha value is -3.23. The number of esters is 1. The minimum Gasteiger partial charge on any atom is -0.456 e. The third-order valence-electron chi connectivity index (χ3n) is 5.28. The largest absolute Gasteiger partial charge is 0.456 e. The molecule has 1 aromatic rings. The first-order valence-electron chi connectivity index (χ1n) is 10.3. The first-order valence-corrected chi connectivity index (χ1v) is 13.0. The zero-order chi connectivity index (χ0) is 25.9. The number of nitro groups is 1. The Bertz CT molecular complexity index is 1210. The number of β-lactam (4-membered cyclic amide) rings is 1. The Morgan fingerprint density at radius 2 is 2.00 bits per heavy atom. The van der Waals surface area contributed by atoms with Gasteiger partial charge in [0, 0.05) is 36.6 Å². The lowest BCUT2D eigenvalue weighted by molar-refractivity contribution is -0.384. The van der Waals surface area contributed by atoms with E-state index in [1.54, 1.807) is 5.41 Å². The van der Waals surface area contributed by atoms with E-state index in [2.05, 4.69) is 5.32 Å². The van der Waals surface area contributed by atoms with E-state index in [0.29, 0.717) is 10.5 Å². The van der Waals surface area contributed by atoms with Crippen LogP contribution in [0.3, 0.4) is 0 Å². The van der Waals surface area contributed by atoms with Crippen molar-refractivity contribution in [3.05, 3.63) is 62.2 Å². The minimum atomic E-state index is -3.79. The highest BCUT2D eigenvalue weighted by Gasteiger charge is 2.58. The van der Waals surface area contributed by atoms with Gasteiger partial charge in [0.15, 0.2) is 0 Å². The summed E-state index contributed by atoms with van der Waals surface area (Å²) in [6.45, 7) is 2.64. The molecule has 1 aromatic carbocycles. The van der Waals surface area contributed by atoms with Crippen LogP contribution in [0.2, 0.25) is 0 Å². The van der Waals surface area contributed by atoms with Gasteiger partial charge in [0.05, 0.1) is 29.2 Å². The molecule has 0 saturated carbocycles. The van der Waals surface area contributed by atoms with Gasteiger partial charge in [-0.05, 0) is 30.0 Å². The third kappa shape index (κ3) is 6.26. The lowest BCUT2D eigenvalue weighted by Gasteiger charge is -2.45. The highest BCUT2D eigenvalue weighted by molar-refractivity contribution is 8.05. The molecule has 3 atom stereocenters. The first kappa shape index (κ1) is 26.4. The van der Waals surface area contributed by atoms with Crippen LogP contribution in [0.4, 0.5) is 5.69 Å². The molecule has 12 nitrogen and oxygen atoms in total. The van der Waals surface area contributed by atoms with Gasteiger partial charge in [0.2, 0.25) is 11.8 Å². The molecule has 2 heterocycles. The fourth-order valence-corrected chi connectivity index (χ4v) is 5.38. The second-order valence-corrected chi connectivity index (χ2v) is 10.5. The van der Waals surface area contributed by atoms with Gasteiger partial charge in [-0.3, -0.25) is 23.9 Å². The second-order valence-electron chi connectivity index (χ2n) is 7.90. The Morgan fingerprint density at radius 3 is 2.57 bits per heavy atom. The SMILES string of the molecule is CC(=O)N/C=C/SC1=C(C(=O)OCc2ccc([N+](=O)[O-])cc2)N2C(=O)[C@@H]([C@H](C)OS(C)(=O)=O)[C@H]2C1. The van der Waals surface area contributed by atoms with Gasteiger partial charge in [-0.25, -0.2) is 4.79 Å². The van der Waals surface area contributed by atoms with E-state index in [9.17, 15) is 32.9 Å². The summed E-state index contributed by atoms with van der Waals surface area (Å²) in [5, 5.41) is 14.8. The summed E-state index contributed by atoms with van der Waals surface area (Å²) in [4.78, 5) is 49.0. The predicted molar refractivity (Wildman–Crippen MR) is 125 cm³/mol. The van der Waals surface area contributed by atoms with Gasteiger partial charge < -0.3 is 15.0 Å². The molecular formula is C21H23N3O9S2. The first-order chi connectivity index (χ1) is 16.4. The van der Waals surface area contributed by atoms with Crippen LogP contribution in [0.1, 0.15) is 25.8 Å². The normalized spacial score (nSPS) is 20.4. The van der Waals surface area contributed by atoms with Crippen LogP contribution < -0.4 is 5.32 Å². The van der Waals surface area contributed by atoms with E-state index in [1.807, 2.05) is 0 Å². The quantitative estimate of drug-likeness (QED) is 0.157. The molecule has 0 bridgehead atoms. The number of rotatable bonds is 10. The maximum Gasteiger partial charge on any atom is 0.356 e. The van der Waals surface area contributed by atoms with Gasteiger partial charge in [-0.15, -0.1) is 0 Å². The van der Waals surface area contributed by atoms with E-state index < -0.39 is 45.0 Å². The van der Waals surface area contributed by atoms with Crippen molar-refractivity contribution in [1.29, 1.82) is 0 Å². The number of nitrogens with zero attached hydrogens (tertiary/aromatic N) is 2. The van der Waals surface area contributed by atoms with Gasteiger partial charge in [-0.1, -0.05) is 11.8 Å². The number of ether oxygens (including phenoxy) is 1. The van der Waals surface area contributed by atoms with Crippen molar-refractivity contribution < 1.29 is 36.6 Å². The monoisotopic (exact) mass is 525 g/mol. The number of thioether (sulfide) groups is 1. The Balaban J connectivity index is 1.77. The molecule has 2 amide bonds. The average Bonchev–Trinajstić information content (AvgIpc) is 3.08. The number of hydrogen-bond acceptors (Lipinski definition) is 10. The molecule has 0 aromatic heterocycles. The molecule has 0 radical (unpaired) electrons. The molecule has 0 spiro atoms. The molecule has 35 heavy (non-hydrogen) atoms. The van der Waals surface area contributed by atoms with Crippen LogP contribution >= 0.6 is 11.8 Å². The van der Waals surface area contributed by atoms with Crippen LogP contribution in [0.25, 0.3) is 0 Å². The van der Waals surface area contributed by atoms with E-state index in [-0.39, 0.29) is 30.3 Å². The van der Waals surface area contributed by atoms with Crippen molar-refractivity contribution in [2.24, 2.45) is 5.92 Å². The third-order valence-corrected chi connectivity index (χ3v) is 6.85. The number of benzene rings is 1. The number of carbonyl (C=O) groups is 3.